The van der Waals surface area contributed by atoms with Crippen LogP contribution >= 0.6 is 0 Å². The van der Waals surface area contributed by atoms with Gasteiger partial charge in [0, 0.05) is 20.3 Å². The molecule has 0 aliphatic carbocycles. The molecule has 1 heterocycles. The van der Waals surface area contributed by atoms with E-state index in [1.54, 1.807) is 0 Å². The van der Waals surface area contributed by atoms with Gasteiger partial charge in [-0.3, -0.25) is 0 Å². The molecule has 1 aromatic rings. The number of piperidine rings is 1. The molecule has 0 unspecified atom stereocenters. The van der Waals surface area contributed by atoms with Crippen LogP contribution in [0.3, 0.4) is 0 Å². The first kappa shape index (κ1) is 15.5. The molecule has 0 N–H and O–H groups in total. The van der Waals surface area contributed by atoms with Crippen LogP contribution < -0.4 is 0 Å². The molecule has 112 valence electrons. The number of aryl methyl sites for hydroxylation is 1. The Labute approximate surface area is 124 Å². The third-order valence-corrected chi connectivity index (χ3v) is 4.37. The fourth-order valence-corrected chi connectivity index (χ4v) is 3.18. The number of likely N-dealkylation sites (tertiary alicyclic amines) is 1. The van der Waals surface area contributed by atoms with Crippen molar-refractivity contribution in [2.45, 2.75) is 38.5 Å². The molecule has 1 aliphatic rings. The molecule has 0 spiro atoms. The standard InChI is InChI=1S/C18H29NO/c1-20-15-12-18-11-7-14-19(16-18)13-6-5-10-17-8-3-2-4-9-17/h2-4,8-9,18H,5-7,10-16H2,1H3/t18-/m1/s1. The van der Waals surface area contributed by atoms with Crippen LogP contribution in [-0.2, 0) is 11.2 Å². The smallest absolute Gasteiger partial charge is 0.0465 e. The van der Waals surface area contributed by atoms with Gasteiger partial charge in [0.2, 0.25) is 0 Å². The summed E-state index contributed by atoms with van der Waals surface area (Å²) in [7, 11) is 1.81. The van der Waals surface area contributed by atoms with Gasteiger partial charge in [-0.1, -0.05) is 30.3 Å². The van der Waals surface area contributed by atoms with Gasteiger partial charge in [-0.25, -0.2) is 0 Å². The second kappa shape index (κ2) is 9.15. The Morgan fingerprint density at radius 3 is 2.85 bits per heavy atom. The summed E-state index contributed by atoms with van der Waals surface area (Å²) in [5, 5.41) is 0. The molecule has 1 aliphatic heterocycles. The number of hydrogen-bond acceptors (Lipinski definition) is 2. The topological polar surface area (TPSA) is 12.5 Å². The highest BCUT2D eigenvalue weighted by atomic mass is 16.5. The van der Waals surface area contributed by atoms with Crippen LogP contribution in [0.2, 0.25) is 0 Å². The number of methoxy groups -OCH3 is 1. The molecule has 1 aromatic carbocycles. The van der Waals surface area contributed by atoms with Gasteiger partial charge >= 0.3 is 0 Å². The Balaban J connectivity index is 1.59. The molecule has 1 fully saturated rings. The maximum Gasteiger partial charge on any atom is 0.0465 e. The molecule has 2 rings (SSSR count). The Morgan fingerprint density at radius 1 is 1.20 bits per heavy atom. The molecule has 0 bridgehead atoms. The van der Waals surface area contributed by atoms with Crippen LogP contribution in [0.1, 0.15) is 37.7 Å². The van der Waals surface area contributed by atoms with E-state index in [2.05, 4.69) is 35.2 Å². The van der Waals surface area contributed by atoms with Gasteiger partial charge in [-0.05, 0) is 63.1 Å². The zero-order chi connectivity index (χ0) is 14.0. The third-order valence-electron chi connectivity index (χ3n) is 4.37. The number of benzene rings is 1. The maximum absolute atomic E-state index is 5.21. The SMILES string of the molecule is COCC[C@H]1CCCN(CCCCc2ccccc2)C1. The van der Waals surface area contributed by atoms with Gasteiger partial charge in [0.05, 0.1) is 0 Å². The molecule has 1 saturated heterocycles. The quantitative estimate of drug-likeness (QED) is 0.670. The first-order chi connectivity index (χ1) is 9.88. The molecule has 2 nitrogen and oxygen atoms in total. The van der Waals surface area contributed by atoms with Crippen LogP contribution in [0.5, 0.6) is 0 Å². The zero-order valence-corrected chi connectivity index (χ0v) is 12.9. The molecule has 20 heavy (non-hydrogen) atoms. The summed E-state index contributed by atoms with van der Waals surface area (Å²) in [5.41, 5.74) is 1.48. The van der Waals surface area contributed by atoms with E-state index in [0.29, 0.717) is 0 Å². The molecule has 1 atom stereocenters. The second-order valence-corrected chi connectivity index (χ2v) is 6.03. The summed E-state index contributed by atoms with van der Waals surface area (Å²) in [6, 6.07) is 10.8. The van der Waals surface area contributed by atoms with Crippen molar-refractivity contribution >= 4 is 0 Å². The van der Waals surface area contributed by atoms with Crippen molar-refractivity contribution in [3.63, 3.8) is 0 Å². The minimum Gasteiger partial charge on any atom is -0.385 e. The van der Waals surface area contributed by atoms with Gasteiger partial charge in [0.1, 0.15) is 0 Å². The number of rotatable bonds is 8. The van der Waals surface area contributed by atoms with E-state index in [-0.39, 0.29) is 0 Å². The summed E-state index contributed by atoms with van der Waals surface area (Å²) < 4.78 is 5.21. The lowest BCUT2D eigenvalue weighted by Crippen LogP contribution is -2.36. The second-order valence-electron chi connectivity index (χ2n) is 6.03. The van der Waals surface area contributed by atoms with E-state index in [1.807, 2.05) is 7.11 Å². The molecule has 0 radical (unpaired) electrons. The Morgan fingerprint density at radius 2 is 2.05 bits per heavy atom. The zero-order valence-electron chi connectivity index (χ0n) is 12.9. The first-order valence-corrected chi connectivity index (χ1v) is 8.13. The Bertz CT molecular complexity index is 352. The third kappa shape index (κ3) is 5.64. The highest BCUT2D eigenvalue weighted by molar-refractivity contribution is 5.14. The van der Waals surface area contributed by atoms with E-state index in [4.69, 9.17) is 4.74 Å². The van der Waals surface area contributed by atoms with Crippen molar-refractivity contribution in [2.75, 3.05) is 33.4 Å². The van der Waals surface area contributed by atoms with Crippen LogP contribution in [0.15, 0.2) is 30.3 Å². The Hall–Kier alpha value is -0.860. The van der Waals surface area contributed by atoms with E-state index in [0.717, 1.165) is 12.5 Å². The van der Waals surface area contributed by atoms with Crippen LogP contribution in [0.4, 0.5) is 0 Å². The van der Waals surface area contributed by atoms with Crippen molar-refractivity contribution in [3.05, 3.63) is 35.9 Å². The number of hydrogen-bond donors (Lipinski definition) is 0. The fourth-order valence-electron chi connectivity index (χ4n) is 3.18. The lowest BCUT2D eigenvalue weighted by atomic mass is 9.95. The number of unbranched alkanes of at least 4 members (excludes halogenated alkanes) is 1. The molecular formula is C18H29NO. The predicted molar refractivity (Wildman–Crippen MR) is 85.0 cm³/mol. The summed E-state index contributed by atoms with van der Waals surface area (Å²) in [6.45, 7) is 4.78. The van der Waals surface area contributed by atoms with Crippen molar-refractivity contribution < 1.29 is 4.74 Å². The maximum atomic E-state index is 5.21. The largest absolute Gasteiger partial charge is 0.385 e. The molecular weight excluding hydrogens is 246 g/mol. The normalized spacial score (nSPS) is 20.1. The average Bonchev–Trinajstić information content (AvgIpc) is 2.51. The lowest BCUT2D eigenvalue weighted by molar-refractivity contribution is 0.126. The molecule has 2 heteroatoms. The van der Waals surface area contributed by atoms with Gasteiger partial charge in [0.25, 0.3) is 0 Å². The van der Waals surface area contributed by atoms with Gasteiger partial charge < -0.3 is 9.64 Å². The van der Waals surface area contributed by atoms with Crippen LogP contribution in [-0.4, -0.2) is 38.3 Å². The highest BCUT2D eigenvalue weighted by Gasteiger charge is 2.18. The minimum absolute atomic E-state index is 0.859. The van der Waals surface area contributed by atoms with E-state index in [9.17, 15) is 0 Å². The first-order valence-electron chi connectivity index (χ1n) is 8.13. The van der Waals surface area contributed by atoms with Gasteiger partial charge in [-0.15, -0.1) is 0 Å². The summed E-state index contributed by atoms with van der Waals surface area (Å²) in [6.07, 6.45) is 7.85. The monoisotopic (exact) mass is 275 g/mol. The summed E-state index contributed by atoms with van der Waals surface area (Å²) >= 11 is 0. The fraction of sp³-hybridized carbons (Fsp3) is 0.667. The van der Waals surface area contributed by atoms with Crippen molar-refractivity contribution in [1.29, 1.82) is 0 Å². The minimum atomic E-state index is 0.859. The van der Waals surface area contributed by atoms with Crippen molar-refractivity contribution in [1.82, 2.24) is 4.90 Å². The molecule has 0 amide bonds. The van der Waals surface area contributed by atoms with E-state index >= 15 is 0 Å². The predicted octanol–water partition coefficient (Wildman–Crippen LogP) is 3.76. The van der Waals surface area contributed by atoms with Crippen LogP contribution in [0.25, 0.3) is 0 Å². The molecule has 0 aromatic heterocycles. The lowest BCUT2D eigenvalue weighted by Gasteiger charge is -2.32. The van der Waals surface area contributed by atoms with Gasteiger partial charge in [0.15, 0.2) is 0 Å². The average molecular weight is 275 g/mol. The number of nitrogens with zero attached hydrogens (tertiary/aromatic N) is 1. The summed E-state index contributed by atoms with van der Waals surface area (Å²) in [5.74, 6) is 0.859. The van der Waals surface area contributed by atoms with Crippen LogP contribution in [0, 0.1) is 5.92 Å². The van der Waals surface area contributed by atoms with E-state index in [1.165, 1.54) is 63.7 Å². The Kier molecular flexibility index (Phi) is 7.10. The van der Waals surface area contributed by atoms with Crippen molar-refractivity contribution in [2.24, 2.45) is 5.92 Å². The van der Waals surface area contributed by atoms with Gasteiger partial charge in [-0.2, -0.15) is 0 Å². The molecule has 0 saturated carbocycles. The summed E-state index contributed by atoms with van der Waals surface area (Å²) in [4.78, 5) is 2.66. The van der Waals surface area contributed by atoms with E-state index < -0.39 is 0 Å². The number of ether oxygens (including phenoxy) is 1. The highest BCUT2D eigenvalue weighted by Crippen LogP contribution is 2.20. The van der Waals surface area contributed by atoms with Crippen molar-refractivity contribution in [3.8, 4) is 0 Å².